The van der Waals surface area contributed by atoms with E-state index in [0.717, 1.165) is 16.8 Å². The van der Waals surface area contributed by atoms with Crippen molar-refractivity contribution in [2.75, 3.05) is 39.0 Å². The summed E-state index contributed by atoms with van der Waals surface area (Å²) in [6.45, 7) is 4.02. The number of nitrogens with zero attached hydrogens (tertiary/aromatic N) is 3. The number of hydrogen-bond donors (Lipinski definition) is 1. The molecule has 0 aliphatic carbocycles. The largest absolute Gasteiger partial charge is 0.322 e. The van der Waals surface area contributed by atoms with Gasteiger partial charge in [0.2, 0.25) is 0 Å². The van der Waals surface area contributed by atoms with Gasteiger partial charge in [0.1, 0.15) is 0 Å². The molecule has 1 saturated heterocycles. The lowest BCUT2D eigenvalue weighted by atomic mass is 9.69. The average molecular weight is 443 g/mol. The Hall–Kier alpha value is -2.42. The van der Waals surface area contributed by atoms with Gasteiger partial charge in [0.05, 0.1) is 0 Å². The Labute approximate surface area is 184 Å². The third-order valence-electron chi connectivity index (χ3n) is 6.47. The number of hydrogen-bond acceptors (Lipinski definition) is 3. The molecule has 2 aliphatic heterocycles. The summed E-state index contributed by atoms with van der Waals surface area (Å²) >= 11 is 0. The van der Waals surface area contributed by atoms with Crippen molar-refractivity contribution >= 4 is 21.9 Å². The quantitative estimate of drug-likeness (QED) is 0.794. The Balaban J connectivity index is 1.58. The van der Waals surface area contributed by atoms with Gasteiger partial charge in [-0.1, -0.05) is 36.4 Å². The number of fused-ring (bicyclic) bond motifs is 2. The van der Waals surface area contributed by atoms with Crippen LogP contribution in [0, 0.1) is 6.92 Å². The molecule has 2 aromatic carbocycles. The van der Waals surface area contributed by atoms with Crippen molar-refractivity contribution in [1.29, 1.82) is 0 Å². The summed E-state index contributed by atoms with van der Waals surface area (Å²) in [5, 5.41) is 3.03. The van der Waals surface area contributed by atoms with Gasteiger partial charge in [-0.25, -0.2) is 4.79 Å². The van der Waals surface area contributed by atoms with Gasteiger partial charge < -0.3 is 10.2 Å². The van der Waals surface area contributed by atoms with Crippen molar-refractivity contribution in [3.05, 3.63) is 65.2 Å². The van der Waals surface area contributed by atoms with E-state index in [-0.39, 0.29) is 11.4 Å². The van der Waals surface area contributed by atoms with Crippen LogP contribution in [0.3, 0.4) is 0 Å². The van der Waals surface area contributed by atoms with E-state index in [1.165, 1.54) is 9.87 Å². The van der Waals surface area contributed by atoms with E-state index in [1.54, 1.807) is 18.4 Å². The molecule has 2 amide bonds. The number of nitrogens with one attached hydrogen (secondary N) is 1. The van der Waals surface area contributed by atoms with Crippen LogP contribution < -0.4 is 5.32 Å². The second kappa shape index (κ2) is 8.26. The van der Waals surface area contributed by atoms with E-state index in [4.69, 9.17) is 0 Å². The number of carbonyl (C=O) groups is 1. The number of rotatable bonds is 3. The first kappa shape index (κ1) is 21.8. The summed E-state index contributed by atoms with van der Waals surface area (Å²) in [7, 11) is -0.309. The predicted molar refractivity (Wildman–Crippen MR) is 122 cm³/mol. The summed E-state index contributed by atoms with van der Waals surface area (Å²) < 4.78 is 28.0. The minimum Gasteiger partial charge on any atom is -0.319 e. The number of amides is 2. The second-order valence-corrected chi connectivity index (χ2v) is 10.9. The molecule has 7 nitrogen and oxygen atoms in total. The zero-order valence-corrected chi connectivity index (χ0v) is 19.2. The molecule has 0 saturated carbocycles. The molecule has 0 aromatic heterocycles. The van der Waals surface area contributed by atoms with E-state index in [9.17, 15) is 13.2 Å². The van der Waals surface area contributed by atoms with Crippen LogP contribution in [-0.4, -0.2) is 61.7 Å². The molecule has 1 spiro atoms. The molecular formula is C23H30N4O3S. The van der Waals surface area contributed by atoms with Gasteiger partial charge in [0, 0.05) is 51.4 Å². The minimum atomic E-state index is -3.43. The number of carbonyl (C=O) groups excluding carboxylic acids is 1. The molecule has 8 heteroatoms. The predicted octanol–water partition coefficient (Wildman–Crippen LogP) is 3.18. The molecule has 0 radical (unpaired) electrons. The fraction of sp³-hybridized carbons (Fsp3) is 0.435. The van der Waals surface area contributed by atoms with Crippen molar-refractivity contribution in [2.45, 2.75) is 31.7 Å². The summed E-state index contributed by atoms with van der Waals surface area (Å²) in [5.41, 5.74) is 4.02. The first-order chi connectivity index (χ1) is 14.7. The molecule has 166 valence electrons. The van der Waals surface area contributed by atoms with Crippen LogP contribution in [-0.2, 0) is 22.2 Å². The van der Waals surface area contributed by atoms with Gasteiger partial charge in [0.25, 0.3) is 10.2 Å². The molecule has 31 heavy (non-hydrogen) atoms. The molecule has 2 aliphatic rings. The lowest BCUT2D eigenvalue weighted by molar-refractivity contribution is 0.140. The van der Waals surface area contributed by atoms with Crippen LogP contribution in [0.25, 0.3) is 0 Å². The van der Waals surface area contributed by atoms with Crippen molar-refractivity contribution < 1.29 is 13.2 Å². The number of aryl methyl sites for hydroxylation is 1. The molecule has 2 aromatic rings. The maximum atomic E-state index is 13.1. The van der Waals surface area contributed by atoms with Gasteiger partial charge in [-0.05, 0) is 48.6 Å². The summed E-state index contributed by atoms with van der Waals surface area (Å²) in [5.74, 6) is 0. The van der Waals surface area contributed by atoms with E-state index < -0.39 is 10.2 Å². The number of urea groups is 1. The highest BCUT2D eigenvalue weighted by molar-refractivity contribution is 7.86. The number of piperidine rings is 1. The topological polar surface area (TPSA) is 73.0 Å². The first-order valence-corrected chi connectivity index (χ1v) is 12.0. The zero-order valence-electron chi connectivity index (χ0n) is 18.3. The van der Waals surface area contributed by atoms with Gasteiger partial charge in [-0.2, -0.15) is 17.0 Å². The van der Waals surface area contributed by atoms with Gasteiger partial charge >= 0.3 is 6.03 Å². The Kier molecular flexibility index (Phi) is 5.81. The number of anilines is 1. The maximum absolute atomic E-state index is 13.1. The second-order valence-electron chi connectivity index (χ2n) is 8.78. The van der Waals surface area contributed by atoms with E-state index in [0.29, 0.717) is 39.0 Å². The molecule has 1 N–H and O–H groups in total. The molecular weight excluding hydrogens is 412 g/mol. The fourth-order valence-electron chi connectivity index (χ4n) is 4.76. The monoisotopic (exact) mass is 442 g/mol. The van der Waals surface area contributed by atoms with E-state index in [1.807, 2.05) is 48.2 Å². The van der Waals surface area contributed by atoms with Crippen LogP contribution in [0.15, 0.2) is 48.5 Å². The van der Waals surface area contributed by atoms with Crippen molar-refractivity contribution in [3.8, 4) is 0 Å². The molecule has 2 heterocycles. The molecule has 0 bridgehead atoms. The van der Waals surface area contributed by atoms with Crippen molar-refractivity contribution in [3.63, 3.8) is 0 Å². The van der Waals surface area contributed by atoms with Crippen LogP contribution in [0.4, 0.5) is 10.5 Å². The van der Waals surface area contributed by atoms with Crippen molar-refractivity contribution in [1.82, 2.24) is 13.5 Å². The summed E-state index contributed by atoms with van der Waals surface area (Å²) in [4.78, 5) is 15.0. The van der Waals surface area contributed by atoms with Crippen LogP contribution in [0.5, 0.6) is 0 Å². The Bertz CT molecular complexity index is 1080. The molecule has 4 rings (SSSR count). The van der Waals surface area contributed by atoms with Crippen LogP contribution >= 0.6 is 0 Å². The minimum absolute atomic E-state index is 0.122. The van der Waals surface area contributed by atoms with Gasteiger partial charge in [-0.15, -0.1) is 0 Å². The summed E-state index contributed by atoms with van der Waals surface area (Å²) in [6.07, 6.45) is 1.37. The molecule has 0 unspecified atom stereocenters. The van der Waals surface area contributed by atoms with Crippen LogP contribution in [0.2, 0.25) is 0 Å². The lowest BCUT2D eigenvalue weighted by Gasteiger charge is -2.48. The highest BCUT2D eigenvalue weighted by Crippen LogP contribution is 2.42. The molecule has 1 fully saturated rings. The van der Waals surface area contributed by atoms with Gasteiger partial charge in [-0.3, -0.25) is 0 Å². The zero-order chi connectivity index (χ0) is 22.2. The normalized spacial score (nSPS) is 18.8. The maximum Gasteiger partial charge on any atom is 0.322 e. The summed E-state index contributed by atoms with van der Waals surface area (Å²) in [6, 6.07) is 15.9. The van der Waals surface area contributed by atoms with Gasteiger partial charge in [0.15, 0.2) is 0 Å². The first-order valence-electron chi connectivity index (χ1n) is 10.6. The SMILES string of the molecule is Cc1cccc(NC(=O)N2Cc3ccccc3C3(CCN(S(=O)(=O)N(C)C)CC3)C2)c1. The Morgan fingerprint density at radius 3 is 2.45 bits per heavy atom. The van der Waals surface area contributed by atoms with E-state index in [2.05, 4.69) is 17.4 Å². The van der Waals surface area contributed by atoms with E-state index >= 15 is 0 Å². The standard InChI is InChI=1S/C23H30N4O3S/c1-18-7-6-9-20(15-18)24-22(28)26-16-19-8-4-5-10-21(19)23(17-26)11-13-27(14-12-23)31(29,30)25(2)3/h4-10,15H,11-14,16-17H2,1-3H3,(H,24,28). The third kappa shape index (κ3) is 4.20. The highest BCUT2D eigenvalue weighted by atomic mass is 32.2. The Morgan fingerprint density at radius 2 is 1.77 bits per heavy atom. The highest BCUT2D eigenvalue weighted by Gasteiger charge is 2.45. The number of benzene rings is 2. The Morgan fingerprint density at radius 1 is 1.06 bits per heavy atom. The average Bonchev–Trinajstić information content (AvgIpc) is 2.74. The lowest BCUT2D eigenvalue weighted by Crippen LogP contribution is -2.55. The fourth-order valence-corrected chi connectivity index (χ4v) is 5.87. The smallest absolute Gasteiger partial charge is 0.319 e. The molecule has 0 atom stereocenters. The van der Waals surface area contributed by atoms with Crippen LogP contribution in [0.1, 0.15) is 29.5 Å². The van der Waals surface area contributed by atoms with Crippen molar-refractivity contribution in [2.24, 2.45) is 0 Å². The third-order valence-corrected chi connectivity index (χ3v) is 8.41.